The van der Waals surface area contributed by atoms with E-state index in [-0.39, 0.29) is 17.4 Å². The molecule has 2 N–H and O–H groups in total. The van der Waals surface area contributed by atoms with Crippen molar-refractivity contribution >= 4 is 17.0 Å². The van der Waals surface area contributed by atoms with Crippen LogP contribution in [0.25, 0.3) is 11.0 Å². The molecule has 3 aromatic rings. The summed E-state index contributed by atoms with van der Waals surface area (Å²) in [6, 6.07) is 6.88. The third kappa shape index (κ3) is 3.00. The quantitative estimate of drug-likeness (QED) is 0.757. The highest BCUT2D eigenvalue weighted by molar-refractivity contribution is 5.73. The molecule has 1 aromatic carbocycles. The minimum atomic E-state index is -0.211. The Balaban J connectivity index is 1.48. The van der Waals surface area contributed by atoms with Gasteiger partial charge in [-0.05, 0) is 24.6 Å². The van der Waals surface area contributed by atoms with E-state index < -0.39 is 0 Å². The van der Waals surface area contributed by atoms with Gasteiger partial charge in [0.25, 0.3) is 5.56 Å². The van der Waals surface area contributed by atoms with Gasteiger partial charge in [-0.15, -0.1) is 0 Å². The molecule has 2 aromatic heterocycles. The molecule has 1 atom stereocenters. The normalized spacial score (nSPS) is 17.1. The predicted octanol–water partition coefficient (Wildman–Crippen LogP) is 1.67. The topological polar surface area (TPSA) is 80.9 Å². The summed E-state index contributed by atoms with van der Waals surface area (Å²) in [5.41, 5.74) is 1.28. The Morgan fingerprint density at radius 3 is 2.80 bits per heavy atom. The van der Waals surface area contributed by atoms with Crippen LogP contribution >= 0.6 is 0 Å². The third-order valence-corrected chi connectivity index (χ3v) is 4.80. The maximum absolute atomic E-state index is 13.4. The van der Waals surface area contributed by atoms with E-state index >= 15 is 0 Å². The molecule has 1 saturated heterocycles. The third-order valence-electron chi connectivity index (χ3n) is 4.80. The SMILES string of the molecule is CC(c1cccc(F)c1)N1CCN(c2nc3[nH]ncc3c(=O)[nH]2)CC1. The van der Waals surface area contributed by atoms with Gasteiger partial charge in [-0.25, -0.2) is 4.39 Å². The zero-order chi connectivity index (χ0) is 17.4. The summed E-state index contributed by atoms with van der Waals surface area (Å²) < 4.78 is 13.4. The summed E-state index contributed by atoms with van der Waals surface area (Å²) >= 11 is 0. The van der Waals surface area contributed by atoms with E-state index in [4.69, 9.17) is 0 Å². The van der Waals surface area contributed by atoms with Crippen molar-refractivity contribution in [1.29, 1.82) is 0 Å². The number of nitrogens with zero attached hydrogens (tertiary/aromatic N) is 4. The molecule has 0 radical (unpaired) electrons. The van der Waals surface area contributed by atoms with Crippen LogP contribution in [0.4, 0.5) is 10.3 Å². The Morgan fingerprint density at radius 1 is 1.24 bits per heavy atom. The summed E-state index contributed by atoms with van der Waals surface area (Å²) in [6.45, 7) is 5.18. The van der Waals surface area contributed by atoms with Crippen molar-refractivity contribution in [2.75, 3.05) is 31.1 Å². The number of aromatic amines is 2. The molecule has 8 heteroatoms. The maximum atomic E-state index is 13.4. The van der Waals surface area contributed by atoms with E-state index in [2.05, 4.69) is 36.9 Å². The molecule has 1 aliphatic rings. The standard InChI is InChI=1S/C17H19FN6O/c1-11(12-3-2-4-13(18)9-12)23-5-7-24(8-6-23)17-20-15-14(10-19-22-15)16(25)21-17/h2-4,9-11H,5-8H2,1H3,(H2,19,20,21,22,25). The molecule has 3 heterocycles. The number of aromatic nitrogens is 4. The fourth-order valence-electron chi connectivity index (χ4n) is 3.28. The van der Waals surface area contributed by atoms with Gasteiger partial charge in [-0.3, -0.25) is 19.8 Å². The van der Waals surface area contributed by atoms with Crippen LogP contribution in [0.15, 0.2) is 35.3 Å². The van der Waals surface area contributed by atoms with Crippen LogP contribution in [0, 0.1) is 5.82 Å². The number of hydrogen-bond donors (Lipinski definition) is 2. The number of H-pyrrole nitrogens is 2. The Hall–Kier alpha value is -2.74. The summed E-state index contributed by atoms with van der Waals surface area (Å²) in [4.78, 5) is 23.7. The van der Waals surface area contributed by atoms with Gasteiger partial charge >= 0.3 is 0 Å². The molecule has 25 heavy (non-hydrogen) atoms. The van der Waals surface area contributed by atoms with Crippen LogP contribution in [0.1, 0.15) is 18.5 Å². The molecule has 1 fully saturated rings. The number of rotatable bonds is 3. The van der Waals surface area contributed by atoms with Crippen molar-refractivity contribution in [3.8, 4) is 0 Å². The number of nitrogens with one attached hydrogen (secondary N) is 2. The highest BCUT2D eigenvalue weighted by atomic mass is 19.1. The summed E-state index contributed by atoms with van der Waals surface area (Å²) in [6.07, 6.45) is 1.48. The zero-order valence-electron chi connectivity index (χ0n) is 13.9. The Morgan fingerprint density at radius 2 is 2.04 bits per heavy atom. The predicted molar refractivity (Wildman–Crippen MR) is 93.1 cm³/mol. The average molecular weight is 342 g/mol. The molecule has 1 aliphatic heterocycles. The molecule has 0 spiro atoms. The van der Waals surface area contributed by atoms with E-state index in [9.17, 15) is 9.18 Å². The number of fused-ring (bicyclic) bond motifs is 1. The second-order valence-corrected chi connectivity index (χ2v) is 6.28. The molecule has 0 aliphatic carbocycles. The van der Waals surface area contributed by atoms with Gasteiger partial charge in [0.1, 0.15) is 11.2 Å². The van der Waals surface area contributed by atoms with Crippen LogP contribution in [0.3, 0.4) is 0 Å². The molecule has 0 saturated carbocycles. The largest absolute Gasteiger partial charge is 0.340 e. The van der Waals surface area contributed by atoms with Gasteiger partial charge in [0.05, 0.1) is 6.20 Å². The molecule has 0 bridgehead atoms. The van der Waals surface area contributed by atoms with Crippen LogP contribution in [-0.4, -0.2) is 51.2 Å². The molecule has 1 unspecified atom stereocenters. The van der Waals surface area contributed by atoms with Gasteiger partial charge in [0.2, 0.25) is 5.95 Å². The second kappa shape index (κ2) is 6.29. The maximum Gasteiger partial charge on any atom is 0.263 e. The Labute approximate surface area is 143 Å². The first-order valence-corrected chi connectivity index (χ1v) is 8.29. The number of anilines is 1. The van der Waals surface area contributed by atoms with E-state index in [1.54, 1.807) is 12.1 Å². The smallest absolute Gasteiger partial charge is 0.263 e. The van der Waals surface area contributed by atoms with Crippen molar-refractivity contribution in [2.24, 2.45) is 0 Å². The highest BCUT2D eigenvalue weighted by Crippen LogP contribution is 2.23. The first-order chi connectivity index (χ1) is 12.1. The average Bonchev–Trinajstić information content (AvgIpc) is 3.10. The Bertz CT molecular complexity index is 943. The summed E-state index contributed by atoms with van der Waals surface area (Å²) in [7, 11) is 0. The van der Waals surface area contributed by atoms with Crippen molar-refractivity contribution in [3.05, 3.63) is 52.2 Å². The lowest BCUT2D eigenvalue weighted by atomic mass is 10.1. The first-order valence-electron chi connectivity index (χ1n) is 8.29. The van der Waals surface area contributed by atoms with Crippen molar-refractivity contribution in [1.82, 2.24) is 25.1 Å². The molecular weight excluding hydrogens is 323 g/mol. The van der Waals surface area contributed by atoms with Gasteiger partial charge in [0, 0.05) is 32.2 Å². The fraction of sp³-hybridized carbons (Fsp3) is 0.353. The Kier molecular flexibility index (Phi) is 3.96. The monoisotopic (exact) mass is 342 g/mol. The first kappa shape index (κ1) is 15.8. The number of hydrogen-bond acceptors (Lipinski definition) is 5. The van der Waals surface area contributed by atoms with Crippen LogP contribution in [-0.2, 0) is 0 Å². The molecular formula is C17H19FN6O. The lowest BCUT2D eigenvalue weighted by Crippen LogP contribution is -2.48. The lowest BCUT2D eigenvalue weighted by Gasteiger charge is -2.38. The molecule has 130 valence electrons. The van der Waals surface area contributed by atoms with E-state index in [0.29, 0.717) is 17.0 Å². The van der Waals surface area contributed by atoms with Crippen LogP contribution in [0.5, 0.6) is 0 Å². The fourth-order valence-corrected chi connectivity index (χ4v) is 3.28. The van der Waals surface area contributed by atoms with Gasteiger partial charge in [0.15, 0.2) is 5.65 Å². The number of benzene rings is 1. The minimum Gasteiger partial charge on any atom is -0.340 e. The van der Waals surface area contributed by atoms with E-state index in [1.807, 2.05) is 6.07 Å². The van der Waals surface area contributed by atoms with E-state index in [1.165, 1.54) is 12.3 Å². The zero-order valence-corrected chi connectivity index (χ0v) is 13.9. The van der Waals surface area contributed by atoms with Crippen molar-refractivity contribution in [3.63, 3.8) is 0 Å². The van der Waals surface area contributed by atoms with Crippen LogP contribution in [0.2, 0.25) is 0 Å². The second-order valence-electron chi connectivity index (χ2n) is 6.28. The molecule has 4 rings (SSSR count). The summed E-state index contributed by atoms with van der Waals surface area (Å²) in [5, 5.41) is 7.06. The number of halogens is 1. The van der Waals surface area contributed by atoms with Gasteiger partial charge in [-0.1, -0.05) is 12.1 Å². The molecule has 7 nitrogen and oxygen atoms in total. The lowest BCUT2D eigenvalue weighted by molar-refractivity contribution is 0.197. The van der Waals surface area contributed by atoms with Crippen LogP contribution < -0.4 is 10.5 Å². The van der Waals surface area contributed by atoms with Gasteiger partial charge in [-0.2, -0.15) is 10.1 Å². The summed E-state index contributed by atoms with van der Waals surface area (Å²) in [5.74, 6) is 0.345. The minimum absolute atomic E-state index is 0.139. The van der Waals surface area contributed by atoms with Gasteiger partial charge < -0.3 is 4.90 Å². The van der Waals surface area contributed by atoms with Crippen molar-refractivity contribution < 1.29 is 4.39 Å². The van der Waals surface area contributed by atoms with E-state index in [0.717, 1.165) is 31.7 Å². The van der Waals surface area contributed by atoms with Crippen molar-refractivity contribution in [2.45, 2.75) is 13.0 Å². The number of piperazine rings is 1. The molecule has 0 amide bonds. The highest BCUT2D eigenvalue weighted by Gasteiger charge is 2.24.